The lowest BCUT2D eigenvalue weighted by molar-refractivity contribution is 0.146. The van der Waals surface area contributed by atoms with E-state index in [0.717, 1.165) is 32.7 Å². The first kappa shape index (κ1) is 21.9. The second kappa shape index (κ2) is 15.8. The highest BCUT2D eigenvalue weighted by Crippen LogP contribution is 2.09. The highest BCUT2D eigenvalue weighted by molar-refractivity contribution is 14.0. The number of ether oxygens (including phenoxy) is 1. The van der Waals surface area contributed by atoms with Gasteiger partial charge in [0, 0.05) is 26.3 Å². The standard InChI is InChI=1S/C16H34N4O.HI/c1-2-21-15-9-11-19-16(17)18-10-5-3-6-12-20-13-7-4-8-14-20;/h2-15H2,1H3,(H3,17,18,19);1H. The number of likely N-dealkylation sites (tertiary alicyclic amines) is 1. The lowest BCUT2D eigenvalue weighted by Crippen LogP contribution is -2.33. The number of halogens is 1. The summed E-state index contributed by atoms with van der Waals surface area (Å²) in [7, 11) is 0. The second-order valence-electron chi connectivity index (χ2n) is 5.71. The van der Waals surface area contributed by atoms with Crippen molar-refractivity contribution in [2.24, 2.45) is 10.7 Å². The molecule has 0 aromatic heterocycles. The maximum Gasteiger partial charge on any atom is 0.188 e. The van der Waals surface area contributed by atoms with Crippen molar-refractivity contribution in [1.29, 1.82) is 0 Å². The zero-order valence-electron chi connectivity index (χ0n) is 14.2. The van der Waals surface area contributed by atoms with Gasteiger partial charge in [-0.05, 0) is 58.7 Å². The Kier molecular flexibility index (Phi) is 15.7. The van der Waals surface area contributed by atoms with Crippen molar-refractivity contribution in [3.63, 3.8) is 0 Å². The van der Waals surface area contributed by atoms with Gasteiger partial charge in [-0.3, -0.25) is 4.99 Å². The molecule has 1 aliphatic rings. The van der Waals surface area contributed by atoms with Crippen molar-refractivity contribution in [2.75, 3.05) is 45.9 Å². The molecule has 3 N–H and O–H groups in total. The first-order valence-electron chi connectivity index (χ1n) is 8.67. The fourth-order valence-corrected chi connectivity index (χ4v) is 2.60. The molecule has 0 aromatic carbocycles. The normalized spacial score (nSPS) is 16.3. The van der Waals surface area contributed by atoms with Crippen molar-refractivity contribution < 1.29 is 4.74 Å². The van der Waals surface area contributed by atoms with Crippen molar-refractivity contribution >= 4 is 29.9 Å². The maximum atomic E-state index is 5.81. The summed E-state index contributed by atoms with van der Waals surface area (Å²) in [4.78, 5) is 6.88. The third-order valence-electron chi connectivity index (χ3n) is 3.84. The van der Waals surface area contributed by atoms with Crippen LogP contribution in [0.4, 0.5) is 0 Å². The summed E-state index contributed by atoms with van der Waals surface area (Å²) < 4.78 is 5.26. The van der Waals surface area contributed by atoms with Gasteiger partial charge < -0.3 is 20.7 Å². The molecule has 0 radical (unpaired) electrons. The van der Waals surface area contributed by atoms with E-state index < -0.39 is 0 Å². The molecule has 0 bridgehead atoms. The number of hydrogen-bond acceptors (Lipinski definition) is 3. The van der Waals surface area contributed by atoms with Gasteiger partial charge in [0.25, 0.3) is 0 Å². The number of piperidine rings is 1. The van der Waals surface area contributed by atoms with Crippen LogP contribution in [-0.2, 0) is 4.74 Å². The molecule has 132 valence electrons. The van der Waals surface area contributed by atoms with Gasteiger partial charge in [0.05, 0.1) is 0 Å². The number of hydrogen-bond donors (Lipinski definition) is 2. The second-order valence-corrected chi connectivity index (χ2v) is 5.71. The van der Waals surface area contributed by atoms with Crippen molar-refractivity contribution in [1.82, 2.24) is 10.2 Å². The van der Waals surface area contributed by atoms with Crippen LogP contribution in [0, 0.1) is 0 Å². The third-order valence-corrected chi connectivity index (χ3v) is 3.84. The van der Waals surface area contributed by atoms with Gasteiger partial charge in [-0.2, -0.15) is 0 Å². The molecule has 0 atom stereocenters. The number of rotatable bonds is 11. The number of nitrogens with zero attached hydrogens (tertiary/aromatic N) is 2. The topological polar surface area (TPSA) is 62.9 Å². The highest BCUT2D eigenvalue weighted by atomic mass is 127. The highest BCUT2D eigenvalue weighted by Gasteiger charge is 2.08. The Balaban J connectivity index is 0.00000441. The molecule has 1 aliphatic heterocycles. The summed E-state index contributed by atoms with van der Waals surface area (Å²) in [6, 6.07) is 0. The fraction of sp³-hybridized carbons (Fsp3) is 0.938. The van der Waals surface area contributed by atoms with Gasteiger partial charge in [0.2, 0.25) is 0 Å². The van der Waals surface area contributed by atoms with Gasteiger partial charge in [0.1, 0.15) is 0 Å². The number of aliphatic imine (C=N–C) groups is 1. The molecule has 22 heavy (non-hydrogen) atoms. The van der Waals surface area contributed by atoms with Gasteiger partial charge >= 0.3 is 0 Å². The molecule has 1 rings (SSSR count). The molecule has 1 heterocycles. The van der Waals surface area contributed by atoms with Crippen LogP contribution >= 0.6 is 24.0 Å². The maximum absolute atomic E-state index is 5.81. The minimum Gasteiger partial charge on any atom is -0.382 e. The monoisotopic (exact) mass is 426 g/mol. The van der Waals surface area contributed by atoms with Crippen LogP contribution in [0.1, 0.15) is 51.9 Å². The van der Waals surface area contributed by atoms with E-state index in [1.807, 2.05) is 6.92 Å². The van der Waals surface area contributed by atoms with Crippen molar-refractivity contribution in [3.05, 3.63) is 0 Å². The van der Waals surface area contributed by atoms with Crippen molar-refractivity contribution in [3.8, 4) is 0 Å². The molecule has 1 fully saturated rings. The van der Waals surface area contributed by atoms with Crippen molar-refractivity contribution in [2.45, 2.75) is 51.9 Å². The van der Waals surface area contributed by atoms with Gasteiger partial charge in [0.15, 0.2) is 5.96 Å². The van der Waals surface area contributed by atoms with Gasteiger partial charge in [-0.15, -0.1) is 24.0 Å². The Bertz CT molecular complexity index is 271. The predicted octanol–water partition coefficient (Wildman–Crippen LogP) is 2.59. The number of nitrogens with two attached hydrogens (primary N) is 1. The zero-order chi connectivity index (χ0) is 15.2. The molecule has 0 saturated carbocycles. The van der Waals surface area contributed by atoms with E-state index in [9.17, 15) is 0 Å². The smallest absolute Gasteiger partial charge is 0.188 e. The molecule has 0 amide bonds. The van der Waals surface area contributed by atoms with Crippen LogP contribution in [0.2, 0.25) is 0 Å². The lowest BCUT2D eigenvalue weighted by atomic mass is 10.1. The third kappa shape index (κ3) is 12.5. The molecule has 1 saturated heterocycles. The van der Waals surface area contributed by atoms with Crippen LogP contribution in [-0.4, -0.2) is 56.8 Å². The van der Waals surface area contributed by atoms with E-state index in [4.69, 9.17) is 10.5 Å². The summed E-state index contributed by atoms with van der Waals surface area (Å²) in [6.45, 7) is 9.10. The van der Waals surface area contributed by atoms with E-state index >= 15 is 0 Å². The van der Waals surface area contributed by atoms with Crippen LogP contribution < -0.4 is 11.1 Å². The quantitative estimate of drug-likeness (QED) is 0.231. The first-order chi connectivity index (χ1) is 10.3. The molecular formula is C16H35IN4O. The van der Waals surface area contributed by atoms with E-state index in [2.05, 4.69) is 15.2 Å². The van der Waals surface area contributed by atoms with Crippen LogP contribution in [0.15, 0.2) is 4.99 Å². The Morgan fingerprint density at radius 2 is 1.91 bits per heavy atom. The largest absolute Gasteiger partial charge is 0.382 e. The van der Waals surface area contributed by atoms with Crippen LogP contribution in [0.3, 0.4) is 0 Å². The Morgan fingerprint density at radius 1 is 1.14 bits per heavy atom. The summed E-state index contributed by atoms with van der Waals surface area (Å²) in [6.07, 6.45) is 8.86. The Labute approximate surface area is 153 Å². The zero-order valence-corrected chi connectivity index (χ0v) is 16.5. The fourth-order valence-electron chi connectivity index (χ4n) is 2.60. The molecular weight excluding hydrogens is 391 g/mol. The van der Waals surface area contributed by atoms with E-state index in [1.165, 1.54) is 58.2 Å². The minimum atomic E-state index is 0. The van der Waals surface area contributed by atoms with Gasteiger partial charge in [-0.25, -0.2) is 0 Å². The summed E-state index contributed by atoms with van der Waals surface area (Å²) in [5.74, 6) is 0.572. The molecule has 0 aliphatic carbocycles. The lowest BCUT2D eigenvalue weighted by Gasteiger charge is -2.26. The van der Waals surface area contributed by atoms with Gasteiger partial charge in [-0.1, -0.05) is 12.8 Å². The number of nitrogens with one attached hydrogen (secondary N) is 1. The average molecular weight is 426 g/mol. The summed E-state index contributed by atoms with van der Waals surface area (Å²) in [5.41, 5.74) is 5.81. The van der Waals surface area contributed by atoms with Crippen LogP contribution in [0.5, 0.6) is 0 Å². The SMILES string of the molecule is CCOCCCN=C(N)NCCCCCN1CCCCC1.I. The summed E-state index contributed by atoms with van der Waals surface area (Å²) in [5, 5.41) is 3.19. The molecule has 0 aromatic rings. The molecule has 0 spiro atoms. The first-order valence-corrected chi connectivity index (χ1v) is 8.67. The van der Waals surface area contributed by atoms with E-state index in [1.54, 1.807) is 0 Å². The Morgan fingerprint density at radius 3 is 2.64 bits per heavy atom. The Hall–Kier alpha value is -0.0800. The average Bonchev–Trinajstić information content (AvgIpc) is 2.51. The molecule has 5 nitrogen and oxygen atoms in total. The van der Waals surface area contributed by atoms with E-state index in [-0.39, 0.29) is 24.0 Å². The number of guanidine groups is 1. The minimum absolute atomic E-state index is 0. The number of unbranched alkanes of at least 4 members (excludes halogenated alkanes) is 2. The van der Waals surface area contributed by atoms with Crippen LogP contribution in [0.25, 0.3) is 0 Å². The molecule has 6 heteroatoms. The predicted molar refractivity (Wildman–Crippen MR) is 105 cm³/mol. The van der Waals surface area contributed by atoms with E-state index in [0.29, 0.717) is 5.96 Å². The molecule has 0 unspecified atom stereocenters. The summed E-state index contributed by atoms with van der Waals surface area (Å²) >= 11 is 0.